The van der Waals surface area contributed by atoms with Gasteiger partial charge in [0.2, 0.25) is 0 Å². The van der Waals surface area contributed by atoms with Gasteiger partial charge in [0.25, 0.3) is 0 Å². The maximum atomic E-state index is 11.1. The molecule has 1 aromatic carbocycles. The number of nitrogens with one attached hydrogen (secondary N) is 1. The number of halogens is 2. The first-order valence-corrected chi connectivity index (χ1v) is 6.06. The van der Waals surface area contributed by atoms with Crippen LogP contribution in [-0.2, 0) is 9.53 Å². The van der Waals surface area contributed by atoms with Crippen molar-refractivity contribution < 1.29 is 9.53 Å². The highest BCUT2D eigenvalue weighted by molar-refractivity contribution is 9.10. The van der Waals surface area contributed by atoms with Gasteiger partial charge in [-0.05, 0) is 24.6 Å². The number of esters is 1. The Labute approximate surface area is 108 Å². The van der Waals surface area contributed by atoms with Crippen LogP contribution in [0.25, 0.3) is 0 Å². The molecule has 5 heteroatoms. The summed E-state index contributed by atoms with van der Waals surface area (Å²) < 4.78 is 4.60. The van der Waals surface area contributed by atoms with Gasteiger partial charge in [0.05, 0.1) is 7.11 Å². The van der Waals surface area contributed by atoms with E-state index in [1.54, 1.807) is 0 Å². The second-order valence-corrected chi connectivity index (χ2v) is 4.87. The van der Waals surface area contributed by atoms with Crippen LogP contribution in [0.4, 0.5) is 5.69 Å². The molecule has 1 rings (SSSR count). The third-order valence-corrected chi connectivity index (χ3v) is 3.06. The summed E-state index contributed by atoms with van der Waals surface area (Å²) in [4.78, 5) is 10.8. The molecule has 0 saturated carbocycles. The molecule has 16 heavy (non-hydrogen) atoms. The van der Waals surface area contributed by atoms with Crippen molar-refractivity contribution in [1.82, 2.24) is 0 Å². The SMILES string of the molecule is COC(=O)C(Br)CNc1cc(Cl)ccc1C. The van der Waals surface area contributed by atoms with Crippen LogP contribution >= 0.6 is 27.5 Å². The molecule has 0 spiro atoms. The lowest BCUT2D eigenvalue weighted by atomic mass is 10.2. The summed E-state index contributed by atoms with van der Waals surface area (Å²) in [5.41, 5.74) is 2.00. The molecule has 0 heterocycles. The Hall–Kier alpha value is -0.740. The largest absolute Gasteiger partial charge is 0.468 e. The molecule has 0 aliphatic rings. The van der Waals surface area contributed by atoms with E-state index in [1.807, 2.05) is 25.1 Å². The Balaban J connectivity index is 2.60. The van der Waals surface area contributed by atoms with E-state index in [9.17, 15) is 4.79 Å². The van der Waals surface area contributed by atoms with Gasteiger partial charge in [0.15, 0.2) is 0 Å². The van der Waals surface area contributed by atoms with E-state index >= 15 is 0 Å². The fourth-order valence-corrected chi connectivity index (χ4v) is 1.72. The first kappa shape index (κ1) is 13.3. The van der Waals surface area contributed by atoms with Crippen molar-refractivity contribution >= 4 is 39.2 Å². The maximum absolute atomic E-state index is 11.1. The minimum Gasteiger partial charge on any atom is -0.468 e. The minimum atomic E-state index is -0.365. The van der Waals surface area contributed by atoms with Crippen LogP contribution in [0.1, 0.15) is 5.56 Å². The summed E-state index contributed by atoms with van der Waals surface area (Å²) >= 11 is 9.11. The van der Waals surface area contributed by atoms with Crippen molar-refractivity contribution in [3.63, 3.8) is 0 Å². The lowest BCUT2D eigenvalue weighted by molar-refractivity contribution is -0.139. The number of carbonyl (C=O) groups excluding carboxylic acids is 1. The predicted molar refractivity (Wildman–Crippen MR) is 69.4 cm³/mol. The molecule has 0 amide bonds. The van der Waals surface area contributed by atoms with E-state index in [1.165, 1.54) is 7.11 Å². The van der Waals surface area contributed by atoms with E-state index < -0.39 is 0 Å². The number of ether oxygens (including phenoxy) is 1. The van der Waals surface area contributed by atoms with Crippen LogP contribution in [0, 0.1) is 6.92 Å². The zero-order chi connectivity index (χ0) is 12.1. The number of aryl methyl sites for hydroxylation is 1. The standard InChI is InChI=1S/C11H13BrClNO2/c1-7-3-4-8(13)5-10(7)14-6-9(12)11(15)16-2/h3-5,9,14H,6H2,1-2H3. The molecule has 0 saturated heterocycles. The Morgan fingerprint density at radius 1 is 1.62 bits per heavy atom. The highest BCUT2D eigenvalue weighted by atomic mass is 79.9. The molecule has 0 fully saturated rings. The topological polar surface area (TPSA) is 38.3 Å². The summed E-state index contributed by atoms with van der Waals surface area (Å²) in [6.07, 6.45) is 0. The van der Waals surface area contributed by atoms with Gasteiger partial charge >= 0.3 is 5.97 Å². The molecule has 1 N–H and O–H groups in total. The van der Waals surface area contributed by atoms with Crippen LogP contribution in [-0.4, -0.2) is 24.5 Å². The molecular weight excluding hydrogens is 293 g/mol. The fraction of sp³-hybridized carbons (Fsp3) is 0.364. The Kier molecular flexibility index (Phi) is 5.09. The van der Waals surface area contributed by atoms with Gasteiger partial charge in [-0.15, -0.1) is 0 Å². The normalized spacial score (nSPS) is 12.0. The van der Waals surface area contributed by atoms with Crippen LogP contribution < -0.4 is 5.32 Å². The second kappa shape index (κ2) is 6.11. The lowest BCUT2D eigenvalue weighted by Gasteiger charge is -2.12. The van der Waals surface area contributed by atoms with Gasteiger partial charge in [0.1, 0.15) is 4.83 Å². The monoisotopic (exact) mass is 305 g/mol. The molecule has 3 nitrogen and oxygen atoms in total. The highest BCUT2D eigenvalue weighted by Crippen LogP contribution is 2.20. The minimum absolute atomic E-state index is 0.299. The van der Waals surface area contributed by atoms with Crippen LogP contribution in [0.3, 0.4) is 0 Å². The first-order valence-electron chi connectivity index (χ1n) is 4.76. The first-order chi connectivity index (χ1) is 7.54. The number of rotatable bonds is 4. The van der Waals surface area contributed by atoms with Crippen molar-refractivity contribution in [2.24, 2.45) is 0 Å². The van der Waals surface area contributed by atoms with Crippen LogP contribution in [0.15, 0.2) is 18.2 Å². The van der Waals surface area contributed by atoms with Crippen molar-refractivity contribution in [3.05, 3.63) is 28.8 Å². The molecule has 0 bridgehead atoms. The smallest absolute Gasteiger partial charge is 0.321 e. The zero-order valence-electron chi connectivity index (χ0n) is 9.09. The van der Waals surface area contributed by atoms with Crippen molar-refractivity contribution in [2.75, 3.05) is 19.0 Å². The summed E-state index contributed by atoms with van der Waals surface area (Å²) in [5.74, 6) is -0.299. The van der Waals surface area contributed by atoms with Crippen LogP contribution in [0.5, 0.6) is 0 Å². The van der Waals surface area contributed by atoms with Gasteiger partial charge in [-0.2, -0.15) is 0 Å². The summed E-state index contributed by atoms with van der Waals surface area (Å²) in [6, 6.07) is 5.58. The summed E-state index contributed by atoms with van der Waals surface area (Å²) in [5, 5.41) is 3.80. The summed E-state index contributed by atoms with van der Waals surface area (Å²) in [7, 11) is 1.36. The number of anilines is 1. The number of hydrogen-bond donors (Lipinski definition) is 1. The summed E-state index contributed by atoms with van der Waals surface area (Å²) in [6.45, 7) is 2.42. The zero-order valence-corrected chi connectivity index (χ0v) is 11.4. The van der Waals surface area contributed by atoms with E-state index in [4.69, 9.17) is 11.6 Å². The number of methoxy groups -OCH3 is 1. The average Bonchev–Trinajstić information content (AvgIpc) is 2.28. The van der Waals surface area contributed by atoms with Gasteiger partial charge in [-0.25, -0.2) is 0 Å². The van der Waals surface area contributed by atoms with E-state index in [2.05, 4.69) is 26.0 Å². The molecular formula is C11H13BrClNO2. The van der Waals surface area contributed by atoms with Gasteiger partial charge < -0.3 is 10.1 Å². The molecule has 1 aromatic rings. The molecule has 0 radical (unpaired) electrons. The molecule has 0 aliphatic heterocycles. The van der Waals surface area contributed by atoms with Crippen LogP contribution in [0.2, 0.25) is 5.02 Å². The number of alkyl halides is 1. The van der Waals surface area contributed by atoms with Gasteiger partial charge in [-0.1, -0.05) is 33.6 Å². The Bertz CT molecular complexity index is 384. The Morgan fingerprint density at radius 3 is 2.94 bits per heavy atom. The average molecular weight is 307 g/mol. The molecule has 1 atom stereocenters. The van der Waals surface area contributed by atoms with E-state index in [-0.39, 0.29) is 10.8 Å². The quantitative estimate of drug-likeness (QED) is 0.686. The molecule has 0 aromatic heterocycles. The Morgan fingerprint density at radius 2 is 2.31 bits per heavy atom. The van der Waals surface area contributed by atoms with Gasteiger partial charge in [-0.3, -0.25) is 4.79 Å². The number of carbonyl (C=O) groups is 1. The van der Waals surface area contributed by atoms with Gasteiger partial charge in [0, 0.05) is 17.3 Å². The van der Waals surface area contributed by atoms with E-state index in [0.717, 1.165) is 11.3 Å². The maximum Gasteiger partial charge on any atom is 0.321 e. The van der Waals surface area contributed by atoms with Crippen molar-refractivity contribution in [2.45, 2.75) is 11.8 Å². The number of benzene rings is 1. The molecule has 88 valence electrons. The third kappa shape index (κ3) is 3.68. The second-order valence-electron chi connectivity index (χ2n) is 3.33. The van der Waals surface area contributed by atoms with E-state index in [0.29, 0.717) is 11.6 Å². The third-order valence-electron chi connectivity index (χ3n) is 2.13. The highest BCUT2D eigenvalue weighted by Gasteiger charge is 2.14. The fourth-order valence-electron chi connectivity index (χ4n) is 1.20. The lowest BCUT2D eigenvalue weighted by Crippen LogP contribution is -2.24. The van der Waals surface area contributed by atoms with Crippen molar-refractivity contribution in [1.29, 1.82) is 0 Å². The number of hydrogen-bond acceptors (Lipinski definition) is 3. The molecule has 1 unspecified atom stereocenters. The molecule has 0 aliphatic carbocycles. The van der Waals surface area contributed by atoms with Crippen molar-refractivity contribution in [3.8, 4) is 0 Å². The predicted octanol–water partition coefficient (Wildman–Crippen LogP) is 3.00.